The lowest BCUT2D eigenvalue weighted by Crippen LogP contribution is -2.55. The highest BCUT2D eigenvalue weighted by molar-refractivity contribution is 6.26. The number of nitrogens with one attached hydrogen (secondary N) is 2. The van der Waals surface area contributed by atoms with E-state index in [2.05, 4.69) is 10.6 Å². The van der Waals surface area contributed by atoms with Crippen molar-refractivity contribution in [3.05, 3.63) is 50.9 Å². The van der Waals surface area contributed by atoms with Crippen LogP contribution in [0.5, 0.6) is 5.75 Å². The molecule has 1 aliphatic carbocycles. The fourth-order valence-corrected chi connectivity index (χ4v) is 5.33. The van der Waals surface area contributed by atoms with Crippen LogP contribution in [0.1, 0.15) is 6.92 Å². The summed E-state index contributed by atoms with van der Waals surface area (Å²) >= 11 is 0. The molecule has 0 aromatic heterocycles. The molecule has 1 aromatic rings. The molecule has 1 aromatic carbocycles. The lowest BCUT2D eigenvalue weighted by Gasteiger charge is -2.39. The van der Waals surface area contributed by atoms with E-state index in [1.54, 1.807) is 4.90 Å². The lowest BCUT2D eigenvalue weighted by atomic mass is 9.82. The Bertz CT molecular complexity index is 1240. The molecular formula is C21H21N5O8. The number of carbonyl (C=O) groups is 3. The molecule has 2 fully saturated rings. The summed E-state index contributed by atoms with van der Waals surface area (Å²) < 4.78 is 11.0. The number of aromatic hydroxyl groups is 1. The number of phenolic OH excluding ortho intramolecular Hbond substituents is 1. The van der Waals surface area contributed by atoms with E-state index in [-0.39, 0.29) is 46.9 Å². The average Bonchev–Trinajstić information content (AvgIpc) is 3.40. The minimum Gasteiger partial charge on any atom is -0.502 e. The molecule has 4 atom stereocenters. The van der Waals surface area contributed by atoms with Gasteiger partial charge >= 0.3 is 11.8 Å². The van der Waals surface area contributed by atoms with Crippen LogP contribution in [0.3, 0.4) is 0 Å². The van der Waals surface area contributed by atoms with Gasteiger partial charge in [0.1, 0.15) is 6.61 Å². The predicted octanol–water partition coefficient (Wildman–Crippen LogP) is 0.116. The number of methoxy groups -OCH3 is 1. The van der Waals surface area contributed by atoms with Crippen molar-refractivity contribution in [1.29, 1.82) is 0 Å². The first kappa shape index (κ1) is 21.9. The summed E-state index contributed by atoms with van der Waals surface area (Å²) in [6.07, 6.45) is -1.03. The Hall–Kier alpha value is -3.97. The largest absolute Gasteiger partial charge is 0.502 e. The number of rotatable bonds is 6. The number of carbonyl (C=O) groups excluding carboxylic acids is 3. The van der Waals surface area contributed by atoms with Gasteiger partial charge in [0, 0.05) is 42.6 Å². The number of ether oxygens (including phenoxy) is 2. The number of nitro groups is 1. The van der Waals surface area contributed by atoms with Crippen molar-refractivity contribution in [2.24, 2.45) is 11.7 Å². The molecule has 2 saturated heterocycles. The number of hydrogen-bond donors (Lipinski definition) is 4. The Labute approximate surface area is 192 Å². The maximum atomic E-state index is 13.7. The van der Waals surface area contributed by atoms with Crippen molar-refractivity contribution in [1.82, 2.24) is 10.2 Å². The van der Waals surface area contributed by atoms with E-state index in [0.29, 0.717) is 6.54 Å². The number of nitrogens with two attached hydrogens (primary N) is 1. The summed E-state index contributed by atoms with van der Waals surface area (Å²) in [7, 11) is 1.47. The van der Waals surface area contributed by atoms with E-state index >= 15 is 0 Å². The van der Waals surface area contributed by atoms with E-state index in [4.69, 9.17) is 15.2 Å². The van der Waals surface area contributed by atoms with Crippen molar-refractivity contribution in [2.45, 2.75) is 24.7 Å². The number of hydrogen-bond acceptors (Lipinski definition) is 11. The van der Waals surface area contributed by atoms with Gasteiger partial charge in [0.2, 0.25) is 11.6 Å². The Kier molecular flexibility index (Phi) is 4.67. The molecule has 3 heterocycles. The van der Waals surface area contributed by atoms with Crippen LogP contribution in [0.25, 0.3) is 0 Å². The third-order valence-electron chi connectivity index (χ3n) is 6.87. The minimum absolute atomic E-state index is 0.0642. The van der Waals surface area contributed by atoms with E-state index in [9.17, 15) is 29.6 Å². The van der Waals surface area contributed by atoms with Crippen LogP contribution in [0.4, 0.5) is 16.2 Å². The molecule has 0 bridgehead atoms. The van der Waals surface area contributed by atoms with Crippen LogP contribution >= 0.6 is 0 Å². The topological polar surface area (TPSA) is 196 Å². The van der Waals surface area contributed by atoms with Crippen LogP contribution in [-0.2, 0) is 19.1 Å². The first-order valence-corrected chi connectivity index (χ1v) is 10.4. The summed E-state index contributed by atoms with van der Waals surface area (Å²) in [6.45, 7) is 1.64. The zero-order valence-electron chi connectivity index (χ0n) is 18.2. The van der Waals surface area contributed by atoms with Gasteiger partial charge in [0.15, 0.2) is 11.5 Å². The van der Waals surface area contributed by atoms with Gasteiger partial charge in [-0.3, -0.25) is 19.7 Å². The lowest BCUT2D eigenvalue weighted by molar-refractivity contribution is -0.385. The minimum atomic E-state index is -1.11. The third kappa shape index (κ3) is 2.83. The van der Waals surface area contributed by atoms with Crippen molar-refractivity contribution < 1.29 is 33.9 Å². The van der Waals surface area contributed by atoms with Crippen molar-refractivity contribution >= 4 is 29.0 Å². The Morgan fingerprint density at radius 1 is 1.41 bits per heavy atom. The number of benzene rings is 1. The number of nitro benzene ring substituents is 1. The number of Topliss-reactive ketones (excluding diaryl/α,β-unsaturated/α-hetero) is 2. The first-order chi connectivity index (χ1) is 16.1. The Morgan fingerprint density at radius 3 is 2.79 bits per heavy atom. The fraction of sp³-hybridized carbons (Fsp3) is 0.381. The van der Waals surface area contributed by atoms with Gasteiger partial charge < -0.3 is 35.8 Å². The maximum Gasteiger partial charge on any atom is 0.404 e. The molecule has 0 spiro atoms. The smallest absolute Gasteiger partial charge is 0.404 e. The van der Waals surface area contributed by atoms with Gasteiger partial charge in [-0.05, 0) is 19.1 Å². The molecule has 4 aliphatic rings. The van der Waals surface area contributed by atoms with E-state index in [1.807, 2.05) is 0 Å². The van der Waals surface area contributed by atoms with Crippen molar-refractivity contribution in [3.8, 4) is 5.75 Å². The first-order valence-electron chi connectivity index (χ1n) is 10.4. The average molecular weight is 471 g/mol. The molecule has 0 saturated carbocycles. The zero-order chi connectivity index (χ0) is 24.5. The second-order valence-electron chi connectivity index (χ2n) is 8.51. The van der Waals surface area contributed by atoms with Gasteiger partial charge in [-0.2, -0.15) is 0 Å². The van der Waals surface area contributed by atoms with E-state index in [1.165, 1.54) is 20.1 Å². The van der Waals surface area contributed by atoms with Crippen LogP contribution in [0, 0.1) is 16.0 Å². The number of nitrogens with zero attached hydrogens (tertiary/aromatic N) is 2. The van der Waals surface area contributed by atoms with Crippen LogP contribution in [0.2, 0.25) is 0 Å². The van der Waals surface area contributed by atoms with Crippen molar-refractivity contribution in [3.63, 3.8) is 0 Å². The van der Waals surface area contributed by atoms with E-state index < -0.39 is 45.7 Å². The fourth-order valence-electron chi connectivity index (χ4n) is 5.33. The van der Waals surface area contributed by atoms with Crippen LogP contribution < -0.4 is 16.4 Å². The third-order valence-corrected chi connectivity index (χ3v) is 6.87. The molecule has 1 amide bonds. The maximum absolute atomic E-state index is 13.7. The second kappa shape index (κ2) is 7.27. The normalized spacial score (nSPS) is 29.1. The SMILES string of the molecule is CO[C@@]12[C@H](COC(N)=O)C3=C(C(=O)C(C)=C(Nc4ccc(O)c([N+](=O)[O-])c4)C3=O)N1C[C@@H]1N[C@@H]12. The molecule has 13 nitrogen and oxygen atoms in total. The number of fused-ring (bicyclic) bond motifs is 4. The number of piperazine rings is 1. The summed E-state index contributed by atoms with van der Waals surface area (Å²) in [5.41, 5.74) is 4.01. The number of amides is 1. The van der Waals surface area contributed by atoms with Gasteiger partial charge in [0.05, 0.1) is 28.3 Å². The van der Waals surface area contributed by atoms with Crippen LogP contribution in [0.15, 0.2) is 40.7 Å². The molecule has 3 aliphatic heterocycles. The molecule has 5 rings (SSSR count). The van der Waals surface area contributed by atoms with Gasteiger partial charge in [-0.1, -0.05) is 0 Å². The number of phenols is 1. The summed E-state index contributed by atoms with van der Waals surface area (Å²) in [5, 5.41) is 27.0. The summed E-state index contributed by atoms with van der Waals surface area (Å²) in [4.78, 5) is 50.8. The number of ketones is 2. The number of primary amides is 1. The second-order valence-corrected chi connectivity index (χ2v) is 8.51. The summed E-state index contributed by atoms with van der Waals surface area (Å²) in [6, 6.07) is 3.41. The molecule has 5 N–H and O–H groups in total. The molecule has 178 valence electrons. The highest BCUT2D eigenvalue weighted by Gasteiger charge is 2.72. The molecule has 34 heavy (non-hydrogen) atoms. The standard InChI is InChI=1S/C21H21N5O8/c1-8-15(23-9-3-4-13(27)12(5-9)26(31)32)18(29)14-10(7-34-20(22)30)21(33-2)19-11(24-19)6-25(21)16(14)17(8)28/h3-5,10-11,19,23-24,27H,6-7H2,1-2H3,(H2,22,30)/t10-,11+,19+,21-/m1/s1. The highest BCUT2D eigenvalue weighted by Crippen LogP contribution is 2.55. The highest BCUT2D eigenvalue weighted by atomic mass is 16.6. The van der Waals surface area contributed by atoms with Crippen LogP contribution in [-0.4, -0.2) is 70.7 Å². The molecule has 0 radical (unpaired) electrons. The quantitative estimate of drug-likeness (QED) is 0.144. The Morgan fingerprint density at radius 2 is 2.15 bits per heavy atom. The summed E-state index contributed by atoms with van der Waals surface area (Å²) in [5.74, 6) is -2.27. The number of allylic oxidation sites excluding steroid dienone is 2. The zero-order valence-corrected chi connectivity index (χ0v) is 18.2. The number of anilines is 1. The molecular weight excluding hydrogens is 450 g/mol. The molecule has 13 heteroatoms. The van der Waals surface area contributed by atoms with Gasteiger partial charge in [-0.25, -0.2) is 4.79 Å². The van der Waals surface area contributed by atoms with Gasteiger partial charge in [-0.15, -0.1) is 0 Å². The van der Waals surface area contributed by atoms with E-state index in [0.717, 1.165) is 12.1 Å². The Balaban J connectivity index is 1.55. The van der Waals surface area contributed by atoms with Crippen molar-refractivity contribution in [2.75, 3.05) is 25.6 Å². The van der Waals surface area contributed by atoms with Gasteiger partial charge in [0.25, 0.3) is 0 Å². The molecule has 0 unspecified atom stereocenters. The predicted molar refractivity (Wildman–Crippen MR) is 114 cm³/mol. The monoisotopic (exact) mass is 471 g/mol.